The second-order valence-electron chi connectivity index (χ2n) is 7.01. The molecule has 146 valence electrons. The number of hydrogen-bond acceptors (Lipinski definition) is 4. The molecule has 0 spiro atoms. The molecular weight excluding hydrogens is 355 g/mol. The molecule has 4 rings (SSSR count). The zero-order valence-electron chi connectivity index (χ0n) is 15.9. The Hall–Kier alpha value is -2.47. The Morgan fingerprint density at radius 3 is 2.43 bits per heavy atom. The summed E-state index contributed by atoms with van der Waals surface area (Å²) in [4.78, 5) is 2.43. The van der Waals surface area contributed by atoms with E-state index < -0.39 is 0 Å². The van der Waals surface area contributed by atoms with Gasteiger partial charge >= 0.3 is 0 Å². The zero-order chi connectivity index (χ0) is 19.2. The first-order valence-electron chi connectivity index (χ1n) is 9.71. The van der Waals surface area contributed by atoms with Gasteiger partial charge in [-0.2, -0.15) is 0 Å². The van der Waals surface area contributed by atoms with Gasteiger partial charge in [-0.25, -0.2) is 4.39 Å². The molecule has 2 aromatic carbocycles. The first-order valence-corrected chi connectivity index (χ1v) is 9.71. The van der Waals surface area contributed by atoms with Crippen LogP contribution in [0.1, 0.15) is 16.9 Å². The number of furan rings is 1. The van der Waals surface area contributed by atoms with Crippen molar-refractivity contribution in [1.29, 1.82) is 0 Å². The summed E-state index contributed by atoms with van der Waals surface area (Å²) in [5.74, 6) is 1.08. The van der Waals surface area contributed by atoms with E-state index in [4.69, 9.17) is 9.15 Å². The van der Waals surface area contributed by atoms with E-state index in [0.717, 1.165) is 45.2 Å². The van der Waals surface area contributed by atoms with E-state index in [9.17, 15) is 4.39 Å². The SMILES string of the molecule is Fc1ccccc1-c1ccc(CNCc2ccccc2CN2CCOCC2)o1. The molecule has 1 aliphatic rings. The highest BCUT2D eigenvalue weighted by molar-refractivity contribution is 5.58. The summed E-state index contributed by atoms with van der Waals surface area (Å²) in [6, 6.07) is 18.9. The smallest absolute Gasteiger partial charge is 0.137 e. The Bertz CT molecular complexity index is 903. The lowest BCUT2D eigenvalue weighted by molar-refractivity contribution is 0.0340. The molecule has 1 N–H and O–H groups in total. The lowest BCUT2D eigenvalue weighted by Crippen LogP contribution is -2.36. The molecule has 0 bridgehead atoms. The number of morpholine rings is 1. The molecule has 1 aromatic heterocycles. The Morgan fingerprint density at radius 2 is 1.61 bits per heavy atom. The van der Waals surface area contributed by atoms with Gasteiger partial charge in [0.1, 0.15) is 17.3 Å². The minimum Gasteiger partial charge on any atom is -0.460 e. The number of hydrogen-bond donors (Lipinski definition) is 1. The quantitative estimate of drug-likeness (QED) is 0.666. The largest absolute Gasteiger partial charge is 0.460 e. The number of rotatable bonds is 7. The van der Waals surface area contributed by atoms with Crippen LogP contribution in [0, 0.1) is 5.82 Å². The monoisotopic (exact) mass is 380 g/mol. The highest BCUT2D eigenvalue weighted by Crippen LogP contribution is 2.24. The van der Waals surface area contributed by atoms with Gasteiger partial charge in [-0.1, -0.05) is 36.4 Å². The van der Waals surface area contributed by atoms with Crippen LogP contribution >= 0.6 is 0 Å². The molecule has 3 aromatic rings. The van der Waals surface area contributed by atoms with Crippen molar-refractivity contribution in [2.45, 2.75) is 19.6 Å². The van der Waals surface area contributed by atoms with Crippen LogP contribution in [0.25, 0.3) is 11.3 Å². The van der Waals surface area contributed by atoms with E-state index in [1.54, 1.807) is 12.1 Å². The third-order valence-corrected chi connectivity index (χ3v) is 5.03. The van der Waals surface area contributed by atoms with Gasteiger partial charge in [0.05, 0.1) is 25.3 Å². The fraction of sp³-hybridized carbons (Fsp3) is 0.304. The predicted octanol–water partition coefficient (Wildman–Crippen LogP) is 4.21. The van der Waals surface area contributed by atoms with Gasteiger partial charge in [-0.3, -0.25) is 4.90 Å². The molecule has 5 heteroatoms. The number of nitrogens with one attached hydrogen (secondary N) is 1. The van der Waals surface area contributed by atoms with Crippen LogP contribution in [0.2, 0.25) is 0 Å². The summed E-state index contributed by atoms with van der Waals surface area (Å²) < 4.78 is 25.2. The second-order valence-corrected chi connectivity index (χ2v) is 7.01. The van der Waals surface area contributed by atoms with Crippen molar-refractivity contribution in [3.8, 4) is 11.3 Å². The molecule has 1 fully saturated rings. The van der Waals surface area contributed by atoms with Crippen LogP contribution in [-0.2, 0) is 24.4 Å². The Balaban J connectivity index is 1.35. The molecule has 1 saturated heterocycles. The van der Waals surface area contributed by atoms with E-state index in [1.165, 1.54) is 17.2 Å². The summed E-state index contributed by atoms with van der Waals surface area (Å²) >= 11 is 0. The Morgan fingerprint density at radius 1 is 0.857 bits per heavy atom. The number of nitrogens with zero attached hydrogens (tertiary/aromatic N) is 1. The molecule has 0 amide bonds. The van der Waals surface area contributed by atoms with E-state index in [0.29, 0.717) is 17.9 Å². The van der Waals surface area contributed by atoms with Crippen LogP contribution in [-0.4, -0.2) is 31.2 Å². The summed E-state index contributed by atoms with van der Waals surface area (Å²) in [7, 11) is 0. The second kappa shape index (κ2) is 9.15. The minimum atomic E-state index is -0.270. The van der Waals surface area contributed by atoms with Gasteiger partial charge < -0.3 is 14.5 Å². The number of halogens is 1. The molecule has 2 heterocycles. The van der Waals surface area contributed by atoms with Crippen molar-refractivity contribution in [2.24, 2.45) is 0 Å². The molecular formula is C23H25FN2O2. The van der Waals surface area contributed by atoms with Gasteiger partial charge in [-0.15, -0.1) is 0 Å². The van der Waals surface area contributed by atoms with Crippen LogP contribution in [0.5, 0.6) is 0 Å². The van der Waals surface area contributed by atoms with Crippen molar-refractivity contribution >= 4 is 0 Å². The molecule has 0 atom stereocenters. The molecule has 28 heavy (non-hydrogen) atoms. The van der Waals surface area contributed by atoms with Crippen molar-refractivity contribution in [1.82, 2.24) is 10.2 Å². The van der Waals surface area contributed by atoms with Gasteiger partial charge in [-0.05, 0) is 35.4 Å². The third kappa shape index (κ3) is 4.68. The highest BCUT2D eigenvalue weighted by Gasteiger charge is 2.13. The van der Waals surface area contributed by atoms with Crippen molar-refractivity contribution < 1.29 is 13.5 Å². The number of ether oxygens (including phenoxy) is 1. The molecule has 0 saturated carbocycles. The molecule has 4 nitrogen and oxygen atoms in total. The van der Waals surface area contributed by atoms with Crippen molar-refractivity contribution in [3.63, 3.8) is 0 Å². The fourth-order valence-electron chi connectivity index (χ4n) is 3.48. The van der Waals surface area contributed by atoms with Crippen LogP contribution in [0.3, 0.4) is 0 Å². The summed E-state index contributed by atoms with van der Waals surface area (Å²) in [6.45, 7) is 5.88. The lowest BCUT2D eigenvalue weighted by atomic mass is 10.1. The molecule has 1 aliphatic heterocycles. The molecule has 0 unspecified atom stereocenters. The van der Waals surface area contributed by atoms with E-state index in [2.05, 4.69) is 34.5 Å². The first-order chi connectivity index (χ1) is 13.8. The van der Waals surface area contributed by atoms with Gasteiger partial charge in [0, 0.05) is 26.2 Å². The minimum absolute atomic E-state index is 0.270. The predicted molar refractivity (Wildman–Crippen MR) is 107 cm³/mol. The van der Waals surface area contributed by atoms with Gasteiger partial charge in [0.2, 0.25) is 0 Å². The van der Waals surface area contributed by atoms with Crippen LogP contribution in [0.15, 0.2) is 65.1 Å². The Labute approximate surface area is 164 Å². The van der Waals surface area contributed by atoms with E-state index in [-0.39, 0.29) is 5.82 Å². The first kappa shape index (κ1) is 18.9. The topological polar surface area (TPSA) is 37.6 Å². The van der Waals surface area contributed by atoms with Crippen LogP contribution in [0.4, 0.5) is 4.39 Å². The fourth-order valence-corrected chi connectivity index (χ4v) is 3.48. The van der Waals surface area contributed by atoms with Crippen molar-refractivity contribution in [3.05, 3.63) is 83.4 Å². The van der Waals surface area contributed by atoms with Crippen LogP contribution < -0.4 is 5.32 Å². The maximum Gasteiger partial charge on any atom is 0.137 e. The average Bonchev–Trinajstić information content (AvgIpc) is 3.19. The van der Waals surface area contributed by atoms with E-state index >= 15 is 0 Å². The standard InChI is InChI=1S/C23H25FN2O2/c24-22-8-4-3-7-21(22)23-10-9-20(28-23)16-25-15-18-5-1-2-6-19(18)17-26-11-13-27-14-12-26/h1-10,25H,11-17H2. The Kier molecular flexibility index (Phi) is 6.17. The third-order valence-electron chi connectivity index (χ3n) is 5.03. The average molecular weight is 380 g/mol. The lowest BCUT2D eigenvalue weighted by Gasteiger charge is -2.27. The summed E-state index contributed by atoms with van der Waals surface area (Å²) in [6.07, 6.45) is 0. The summed E-state index contributed by atoms with van der Waals surface area (Å²) in [5, 5.41) is 3.44. The van der Waals surface area contributed by atoms with Crippen molar-refractivity contribution in [2.75, 3.05) is 26.3 Å². The van der Waals surface area contributed by atoms with E-state index in [1.807, 2.05) is 18.2 Å². The van der Waals surface area contributed by atoms with Gasteiger partial charge in [0.15, 0.2) is 0 Å². The maximum absolute atomic E-state index is 13.9. The maximum atomic E-state index is 13.9. The van der Waals surface area contributed by atoms with Gasteiger partial charge in [0.25, 0.3) is 0 Å². The molecule has 0 aliphatic carbocycles. The molecule has 0 radical (unpaired) electrons. The zero-order valence-corrected chi connectivity index (χ0v) is 15.9. The number of benzene rings is 2. The normalized spacial score (nSPS) is 15.0. The summed E-state index contributed by atoms with van der Waals surface area (Å²) in [5.41, 5.74) is 3.11. The highest BCUT2D eigenvalue weighted by atomic mass is 19.1.